The van der Waals surface area contributed by atoms with E-state index in [1.807, 2.05) is 6.92 Å². The van der Waals surface area contributed by atoms with Crippen LogP contribution in [0.2, 0.25) is 10.0 Å². The maximum atomic E-state index is 12.8. The molecular formula is C17H23Cl2NO. The fourth-order valence-corrected chi connectivity index (χ4v) is 3.71. The van der Waals surface area contributed by atoms with Crippen molar-refractivity contribution in [2.45, 2.75) is 58.0 Å². The normalized spacial score (nSPS) is 21.8. The molecule has 1 aliphatic heterocycles. The van der Waals surface area contributed by atoms with Gasteiger partial charge in [0, 0.05) is 16.6 Å². The Morgan fingerprint density at radius 3 is 2.76 bits per heavy atom. The second-order valence-electron chi connectivity index (χ2n) is 5.81. The minimum atomic E-state index is -0.133. The zero-order valence-electron chi connectivity index (χ0n) is 12.7. The Morgan fingerprint density at radius 1 is 1.33 bits per heavy atom. The van der Waals surface area contributed by atoms with Crippen molar-refractivity contribution in [1.82, 2.24) is 4.90 Å². The van der Waals surface area contributed by atoms with E-state index in [0.29, 0.717) is 21.7 Å². The molecule has 21 heavy (non-hydrogen) atoms. The summed E-state index contributed by atoms with van der Waals surface area (Å²) in [5.74, 6) is 0.0945. The predicted molar refractivity (Wildman–Crippen MR) is 89.5 cm³/mol. The zero-order chi connectivity index (χ0) is 15.4. The van der Waals surface area contributed by atoms with Crippen LogP contribution >= 0.6 is 23.2 Å². The molecule has 0 aromatic heterocycles. The summed E-state index contributed by atoms with van der Waals surface area (Å²) >= 11 is 12.1. The van der Waals surface area contributed by atoms with Gasteiger partial charge >= 0.3 is 0 Å². The summed E-state index contributed by atoms with van der Waals surface area (Å²) in [7, 11) is 0. The Bertz CT molecular complexity index is 504. The molecule has 116 valence electrons. The number of carbonyl (C=O) groups is 1. The van der Waals surface area contributed by atoms with E-state index in [2.05, 4.69) is 11.8 Å². The van der Waals surface area contributed by atoms with Crippen molar-refractivity contribution >= 4 is 29.0 Å². The molecule has 1 aliphatic rings. The number of hydrogen-bond acceptors (Lipinski definition) is 2. The minimum absolute atomic E-state index is 0.0945. The lowest BCUT2D eigenvalue weighted by Gasteiger charge is -2.34. The summed E-state index contributed by atoms with van der Waals surface area (Å²) in [6, 6.07) is 5.47. The predicted octanol–water partition coefficient (Wildman–Crippen LogP) is 5.22. The molecule has 0 radical (unpaired) electrons. The van der Waals surface area contributed by atoms with E-state index in [1.165, 1.54) is 25.7 Å². The lowest BCUT2D eigenvalue weighted by atomic mass is 10.0. The second-order valence-corrected chi connectivity index (χ2v) is 6.66. The van der Waals surface area contributed by atoms with Crippen LogP contribution in [-0.2, 0) is 0 Å². The van der Waals surface area contributed by atoms with Crippen LogP contribution in [0.25, 0.3) is 0 Å². The highest BCUT2D eigenvalue weighted by molar-refractivity contribution is 6.37. The molecule has 2 unspecified atom stereocenters. The first kappa shape index (κ1) is 16.8. The van der Waals surface area contributed by atoms with E-state index in [0.717, 1.165) is 13.0 Å². The maximum absolute atomic E-state index is 12.8. The van der Waals surface area contributed by atoms with E-state index in [4.69, 9.17) is 23.2 Å². The Balaban J connectivity index is 2.20. The number of benzene rings is 1. The Hall–Kier alpha value is -0.570. The van der Waals surface area contributed by atoms with Gasteiger partial charge in [0.15, 0.2) is 5.78 Å². The first-order valence-electron chi connectivity index (χ1n) is 7.79. The molecule has 0 amide bonds. The zero-order valence-corrected chi connectivity index (χ0v) is 14.3. The summed E-state index contributed by atoms with van der Waals surface area (Å²) < 4.78 is 0. The van der Waals surface area contributed by atoms with E-state index < -0.39 is 0 Å². The van der Waals surface area contributed by atoms with Crippen molar-refractivity contribution in [3.8, 4) is 0 Å². The van der Waals surface area contributed by atoms with Crippen molar-refractivity contribution in [3.05, 3.63) is 33.8 Å². The van der Waals surface area contributed by atoms with Gasteiger partial charge in [-0.3, -0.25) is 9.69 Å². The molecule has 2 nitrogen and oxygen atoms in total. The van der Waals surface area contributed by atoms with Gasteiger partial charge in [0.25, 0.3) is 0 Å². The molecule has 0 saturated carbocycles. The third-order valence-corrected chi connectivity index (χ3v) is 5.02. The van der Waals surface area contributed by atoms with Gasteiger partial charge in [0.1, 0.15) is 0 Å². The topological polar surface area (TPSA) is 20.3 Å². The highest BCUT2D eigenvalue weighted by Gasteiger charge is 2.29. The molecule has 1 fully saturated rings. The average Bonchev–Trinajstić information content (AvgIpc) is 2.71. The quantitative estimate of drug-likeness (QED) is 0.706. The third-order valence-electron chi connectivity index (χ3n) is 4.47. The van der Waals surface area contributed by atoms with Crippen molar-refractivity contribution < 1.29 is 4.79 Å². The lowest BCUT2D eigenvalue weighted by molar-refractivity contribution is 0.0758. The number of rotatable bonds is 4. The SMILES string of the molecule is CCC1CCCCCN1C(C)C(=O)c1ccc(Cl)cc1Cl. The van der Waals surface area contributed by atoms with Crippen LogP contribution in [0.4, 0.5) is 0 Å². The van der Waals surface area contributed by atoms with Gasteiger partial charge in [0.05, 0.1) is 11.1 Å². The Labute approximate surface area is 137 Å². The molecule has 2 rings (SSSR count). The molecule has 0 N–H and O–H groups in total. The largest absolute Gasteiger partial charge is 0.292 e. The number of carbonyl (C=O) groups excluding carboxylic acids is 1. The van der Waals surface area contributed by atoms with Crippen molar-refractivity contribution in [3.63, 3.8) is 0 Å². The molecule has 0 aliphatic carbocycles. The van der Waals surface area contributed by atoms with Crippen LogP contribution in [0, 0.1) is 0 Å². The fraction of sp³-hybridized carbons (Fsp3) is 0.588. The van der Waals surface area contributed by atoms with Crippen molar-refractivity contribution in [2.75, 3.05) is 6.54 Å². The number of halogens is 2. The van der Waals surface area contributed by atoms with Crippen LogP contribution in [0.5, 0.6) is 0 Å². The summed E-state index contributed by atoms with van der Waals surface area (Å²) in [5.41, 5.74) is 0.577. The molecule has 1 heterocycles. The van der Waals surface area contributed by atoms with E-state index in [-0.39, 0.29) is 11.8 Å². The van der Waals surface area contributed by atoms with Crippen molar-refractivity contribution in [1.29, 1.82) is 0 Å². The third kappa shape index (κ3) is 4.00. The number of ketones is 1. The first-order chi connectivity index (χ1) is 10.0. The van der Waals surface area contributed by atoms with E-state index in [1.54, 1.807) is 18.2 Å². The number of hydrogen-bond donors (Lipinski definition) is 0. The molecule has 1 aromatic rings. The van der Waals surface area contributed by atoms with E-state index in [9.17, 15) is 4.79 Å². The number of nitrogens with zero attached hydrogens (tertiary/aromatic N) is 1. The second kappa shape index (κ2) is 7.62. The fourth-order valence-electron chi connectivity index (χ4n) is 3.21. The average molecular weight is 328 g/mol. The van der Waals surface area contributed by atoms with Crippen LogP contribution in [0.3, 0.4) is 0 Å². The Morgan fingerprint density at radius 2 is 2.10 bits per heavy atom. The van der Waals surface area contributed by atoms with Gasteiger partial charge in [0.2, 0.25) is 0 Å². The molecule has 1 saturated heterocycles. The molecule has 4 heteroatoms. The summed E-state index contributed by atoms with van der Waals surface area (Å²) in [4.78, 5) is 15.1. The molecule has 0 spiro atoms. The van der Waals surface area contributed by atoms with E-state index >= 15 is 0 Å². The van der Waals surface area contributed by atoms with Gasteiger partial charge in [-0.05, 0) is 50.9 Å². The van der Waals surface area contributed by atoms with Gasteiger partial charge in [-0.1, -0.05) is 43.0 Å². The molecule has 0 bridgehead atoms. The minimum Gasteiger partial charge on any atom is -0.292 e. The first-order valence-corrected chi connectivity index (χ1v) is 8.55. The van der Waals surface area contributed by atoms with Gasteiger partial charge < -0.3 is 0 Å². The Kier molecular flexibility index (Phi) is 6.09. The summed E-state index contributed by atoms with van der Waals surface area (Å²) in [6.45, 7) is 5.20. The molecule has 1 aromatic carbocycles. The lowest BCUT2D eigenvalue weighted by Crippen LogP contribution is -2.45. The highest BCUT2D eigenvalue weighted by atomic mass is 35.5. The van der Waals surface area contributed by atoms with Gasteiger partial charge in [-0.15, -0.1) is 0 Å². The monoisotopic (exact) mass is 327 g/mol. The smallest absolute Gasteiger partial charge is 0.181 e. The maximum Gasteiger partial charge on any atom is 0.181 e. The summed E-state index contributed by atoms with van der Waals surface area (Å²) in [6.07, 6.45) is 5.96. The number of Topliss-reactive ketones (excluding diaryl/α,β-unsaturated/α-hetero) is 1. The van der Waals surface area contributed by atoms with Crippen LogP contribution < -0.4 is 0 Å². The summed E-state index contributed by atoms with van der Waals surface area (Å²) in [5, 5.41) is 1.01. The van der Waals surface area contributed by atoms with Crippen LogP contribution in [0.15, 0.2) is 18.2 Å². The van der Waals surface area contributed by atoms with Crippen molar-refractivity contribution in [2.24, 2.45) is 0 Å². The van der Waals surface area contributed by atoms with Gasteiger partial charge in [-0.25, -0.2) is 0 Å². The highest BCUT2D eigenvalue weighted by Crippen LogP contribution is 2.26. The van der Waals surface area contributed by atoms with Crippen LogP contribution in [-0.4, -0.2) is 29.3 Å². The number of likely N-dealkylation sites (tertiary alicyclic amines) is 1. The van der Waals surface area contributed by atoms with Gasteiger partial charge in [-0.2, -0.15) is 0 Å². The van der Waals surface area contributed by atoms with Crippen LogP contribution in [0.1, 0.15) is 56.3 Å². The molecular weight excluding hydrogens is 305 g/mol. The standard InChI is InChI=1S/C17H23Cl2NO/c1-3-14-7-5-4-6-10-20(14)12(2)17(21)15-9-8-13(18)11-16(15)19/h8-9,11-12,14H,3-7,10H2,1-2H3. The molecule has 2 atom stereocenters.